The number of carbonyl (C=O) groups excluding carboxylic acids is 1. The van der Waals surface area contributed by atoms with Gasteiger partial charge in [-0.25, -0.2) is 4.98 Å². The van der Waals surface area contributed by atoms with Crippen LogP contribution in [0.15, 0.2) is 42.6 Å². The SMILES string of the molecule is Cc1cc2cc(C(=O)N(Cc3ccc(C(F)(F)F)cn3)[C@H]3CCC[C@@H]3C#N)ccc2nc1N. The third-order valence-electron chi connectivity index (χ3n) is 6.08. The second-order valence-electron chi connectivity index (χ2n) is 8.30. The van der Waals surface area contributed by atoms with E-state index in [2.05, 4.69) is 16.0 Å². The smallest absolute Gasteiger partial charge is 0.383 e. The standard InChI is InChI=1S/C24H22F3N5O/c1-14-9-17-10-15(5-8-20(17)31-22(14)29)23(33)32(21-4-2-3-16(21)11-28)13-19-7-6-18(12-30-19)24(25,26)27/h5-10,12,16,21H,2-4,13H2,1H3,(H2,29,31)/t16-,21+/m1/s1. The van der Waals surface area contributed by atoms with E-state index in [9.17, 15) is 23.2 Å². The lowest BCUT2D eigenvalue weighted by atomic mass is 10.0. The van der Waals surface area contributed by atoms with Crippen molar-refractivity contribution in [3.05, 3.63) is 65.0 Å². The predicted molar refractivity (Wildman–Crippen MR) is 117 cm³/mol. The highest BCUT2D eigenvalue weighted by Crippen LogP contribution is 2.33. The monoisotopic (exact) mass is 453 g/mol. The Bertz CT molecular complexity index is 1230. The van der Waals surface area contributed by atoms with Crippen LogP contribution in [-0.4, -0.2) is 26.8 Å². The summed E-state index contributed by atoms with van der Waals surface area (Å²) in [7, 11) is 0. The first-order valence-corrected chi connectivity index (χ1v) is 10.6. The number of fused-ring (bicyclic) bond motifs is 1. The molecule has 2 heterocycles. The van der Waals surface area contributed by atoms with Crippen molar-refractivity contribution in [1.82, 2.24) is 14.9 Å². The Labute approximate surface area is 188 Å². The molecule has 2 aromatic heterocycles. The van der Waals surface area contributed by atoms with Crippen LogP contribution in [-0.2, 0) is 12.7 Å². The van der Waals surface area contributed by atoms with Crippen molar-refractivity contribution in [1.29, 1.82) is 5.26 Å². The summed E-state index contributed by atoms with van der Waals surface area (Å²) in [5.74, 6) is -0.229. The normalized spacial score (nSPS) is 18.3. The molecule has 1 aliphatic carbocycles. The number of nitriles is 1. The van der Waals surface area contributed by atoms with Gasteiger partial charge in [0.05, 0.1) is 35.3 Å². The summed E-state index contributed by atoms with van der Waals surface area (Å²) in [6, 6.07) is 11.1. The number of amides is 1. The second-order valence-corrected chi connectivity index (χ2v) is 8.30. The number of nitrogens with zero attached hydrogens (tertiary/aromatic N) is 4. The molecular formula is C24H22F3N5O. The molecular weight excluding hydrogens is 431 g/mol. The first-order valence-electron chi connectivity index (χ1n) is 10.6. The van der Waals surface area contributed by atoms with Gasteiger partial charge in [0, 0.05) is 23.2 Å². The Morgan fingerprint density at radius 3 is 2.70 bits per heavy atom. The molecule has 1 fully saturated rings. The first-order chi connectivity index (χ1) is 15.7. The van der Waals surface area contributed by atoms with E-state index in [4.69, 9.17) is 5.73 Å². The number of nitrogen functional groups attached to an aromatic ring is 1. The van der Waals surface area contributed by atoms with Crippen molar-refractivity contribution in [2.45, 2.75) is 44.9 Å². The molecule has 33 heavy (non-hydrogen) atoms. The van der Waals surface area contributed by atoms with Gasteiger partial charge in [-0.05, 0) is 68.1 Å². The molecule has 3 aromatic rings. The lowest BCUT2D eigenvalue weighted by Crippen LogP contribution is -2.41. The summed E-state index contributed by atoms with van der Waals surface area (Å²) in [5, 5.41) is 10.3. The molecule has 0 radical (unpaired) electrons. The minimum Gasteiger partial charge on any atom is -0.383 e. The summed E-state index contributed by atoms with van der Waals surface area (Å²) >= 11 is 0. The van der Waals surface area contributed by atoms with E-state index in [1.807, 2.05) is 13.0 Å². The van der Waals surface area contributed by atoms with Crippen molar-refractivity contribution in [3.8, 4) is 6.07 Å². The predicted octanol–water partition coefficient (Wildman–Crippen LogP) is 4.87. The van der Waals surface area contributed by atoms with E-state index in [-0.39, 0.29) is 24.4 Å². The number of carbonyl (C=O) groups is 1. The van der Waals surface area contributed by atoms with Crippen molar-refractivity contribution >= 4 is 22.6 Å². The summed E-state index contributed by atoms with van der Waals surface area (Å²) < 4.78 is 38.7. The van der Waals surface area contributed by atoms with Crippen LogP contribution in [0, 0.1) is 24.2 Å². The Morgan fingerprint density at radius 2 is 2.03 bits per heavy atom. The summed E-state index contributed by atoms with van der Waals surface area (Å²) in [6.45, 7) is 1.84. The van der Waals surface area contributed by atoms with Crippen molar-refractivity contribution in [2.24, 2.45) is 5.92 Å². The van der Waals surface area contributed by atoms with Crippen molar-refractivity contribution in [3.63, 3.8) is 0 Å². The number of hydrogen-bond donors (Lipinski definition) is 1. The number of pyridine rings is 2. The van der Waals surface area contributed by atoms with Crippen LogP contribution in [0.4, 0.5) is 19.0 Å². The van der Waals surface area contributed by atoms with Crippen LogP contribution >= 0.6 is 0 Å². The van der Waals surface area contributed by atoms with E-state index in [1.54, 1.807) is 23.1 Å². The van der Waals surface area contributed by atoms with Gasteiger partial charge < -0.3 is 10.6 Å². The first kappa shape index (κ1) is 22.5. The van der Waals surface area contributed by atoms with Crippen molar-refractivity contribution in [2.75, 3.05) is 5.73 Å². The number of benzene rings is 1. The highest BCUT2D eigenvalue weighted by atomic mass is 19.4. The lowest BCUT2D eigenvalue weighted by Gasteiger charge is -2.31. The van der Waals surface area contributed by atoms with E-state index < -0.39 is 11.7 Å². The van der Waals surface area contributed by atoms with Gasteiger partial charge in [-0.3, -0.25) is 9.78 Å². The van der Waals surface area contributed by atoms with E-state index in [1.165, 1.54) is 6.07 Å². The highest BCUT2D eigenvalue weighted by molar-refractivity contribution is 5.98. The topological polar surface area (TPSA) is 95.9 Å². The molecule has 6 nitrogen and oxygen atoms in total. The Kier molecular flexibility index (Phi) is 5.93. The van der Waals surface area contributed by atoms with Gasteiger partial charge in [-0.2, -0.15) is 18.4 Å². The van der Waals surface area contributed by atoms with Crippen LogP contribution in [0.1, 0.15) is 46.4 Å². The quantitative estimate of drug-likeness (QED) is 0.608. The number of aromatic nitrogens is 2. The zero-order valence-corrected chi connectivity index (χ0v) is 17.9. The molecule has 0 spiro atoms. The molecule has 1 aliphatic rings. The molecule has 9 heteroatoms. The molecule has 0 aliphatic heterocycles. The molecule has 170 valence electrons. The Hall–Kier alpha value is -3.67. The largest absolute Gasteiger partial charge is 0.417 e. The van der Waals surface area contributed by atoms with Crippen molar-refractivity contribution < 1.29 is 18.0 Å². The maximum atomic E-state index is 13.6. The van der Waals surface area contributed by atoms with Crippen LogP contribution in [0.3, 0.4) is 0 Å². The van der Waals surface area contributed by atoms with E-state index >= 15 is 0 Å². The molecule has 1 saturated carbocycles. The molecule has 2 N–H and O–H groups in total. The zero-order valence-electron chi connectivity index (χ0n) is 17.9. The highest BCUT2D eigenvalue weighted by Gasteiger charge is 2.36. The lowest BCUT2D eigenvalue weighted by molar-refractivity contribution is -0.137. The summed E-state index contributed by atoms with van der Waals surface area (Å²) in [4.78, 5) is 23.4. The number of aryl methyl sites for hydroxylation is 1. The van der Waals surface area contributed by atoms with E-state index in [0.717, 1.165) is 29.6 Å². The van der Waals surface area contributed by atoms with Gasteiger partial charge in [0.2, 0.25) is 0 Å². The molecule has 4 rings (SSSR count). The van der Waals surface area contributed by atoms with Gasteiger partial charge >= 0.3 is 6.18 Å². The molecule has 1 amide bonds. The number of halogens is 3. The van der Waals surface area contributed by atoms with Gasteiger partial charge in [-0.1, -0.05) is 0 Å². The number of anilines is 1. The van der Waals surface area contributed by atoms with Gasteiger partial charge in [0.25, 0.3) is 5.91 Å². The molecule has 0 bridgehead atoms. The Morgan fingerprint density at radius 1 is 1.24 bits per heavy atom. The fourth-order valence-corrected chi connectivity index (χ4v) is 4.26. The third-order valence-corrected chi connectivity index (χ3v) is 6.08. The molecule has 2 atom stereocenters. The average Bonchev–Trinajstić information content (AvgIpc) is 3.26. The Balaban J connectivity index is 1.69. The third kappa shape index (κ3) is 4.60. The van der Waals surface area contributed by atoms with Crippen LogP contribution in [0.2, 0.25) is 0 Å². The number of rotatable bonds is 4. The zero-order chi connectivity index (χ0) is 23.8. The molecule has 0 unspecified atom stereocenters. The maximum Gasteiger partial charge on any atom is 0.417 e. The van der Waals surface area contributed by atoms with Crippen LogP contribution in [0.5, 0.6) is 0 Å². The minimum atomic E-state index is -4.49. The van der Waals surface area contributed by atoms with Gasteiger partial charge in [0.1, 0.15) is 5.82 Å². The number of alkyl halides is 3. The van der Waals surface area contributed by atoms with Crippen LogP contribution < -0.4 is 5.73 Å². The number of hydrogen-bond acceptors (Lipinski definition) is 5. The fraction of sp³-hybridized carbons (Fsp3) is 0.333. The van der Waals surface area contributed by atoms with Crippen LogP contribution in [0.25, 0.3) is 10.9 Å². The van der Waals surface area contributed by atoms with Gasteiger partial charge in [0.15, 0.2) is 0 Å². The molecule has 0 saturated heterocycles. The average molecular weight is 453 g/mol. The van der Waals surface area contributed by atoms with Gasteiger partial charge in [-0.15, -0.1) is 0 Å². The maximum absolute atomic E-state index is 13.6. The number of nitrogens with two attached hydrogens (primary N) is 1. The van der Waals surface area contributed by atoms with E-state index in [0.29, 0.717) is 35.4 Å². The second kappa shape index (κ2) is 8.70. The minimum absolute atomic E-state index is 0.0108. The fourth-order valence-electron chi connectivity index (χ4n) is 4.26. The molecule has 1 aromatic carbocycles. The summed E-state index contributed by atoms with van der Waals surface area (Å²) in [6.07, 6.45) is -1.60. The summed E-state index contributed by atoms with van der Waals surface area (Å²) in [5.41, 5.74) is 7.20.